The number of halogens is 1. The summed E-state index contributed by atoms with van der Waals surface area (Å²) < 4.78 is 31.6. The van der Waals surface area contributed by atoms with E-state index in [9.17, 15) is 13.2 Å². The van der Waals surface area contributed by atoms with Crippen LogP contribution in [0.1, 0.15) is 41.3 Å². The predicted octanol–water partition coefficient (Wildman–Crippen LogP) is 5.72. The fourth-order valence-electron chi connectivity index (χ4n) is 3.00. The predicted molar refractivity (Wildman–Crippen MR) is 119 cm³/mol. The van der Waals surface area contributed by atoms with Crippen molar-refractivity contribution in [2.24, 2.45) is 0 Å². The molecule has 3 rings (SSSR count). The van der Waals surface area contributed by atoms with Crippen LogP contribution >= 0.6 is 11.6 Å². The fourth-order valence-corrected chi connectivity index (χ4v) is 4.55. The molecule has 0 bridgehead atoms. The molecule has 4 nitrogen and oxygen atoms in total. The highest BCUT2D eigenvalue weighted by atomic mass is 35.5. The molecule has 0 N–H and O–H groups in total. The van der Waals surface area contributed by atoms with Crippen molar-refractivity contribution in [3.63, 3.8) is 0 Å². The Hall–Kier alpha value is -2.63. The molecule has 0 fully saturated rings. The Morgan fingerprint density at radius 1 is 0.967 bits per heavy atom. The van der Waals surface area contributed by atoms with Gasteiger partial charge in [-0.25, -0.2) is 8.42 Å². The zero-order chi connectivity index (χ0) is 21.6. The minimum absolute atomic E-state index is 0.179. The maximum atomic E-state index is 13.0. The highest BCUT2D eigenvalue weighted by Gasteiger charge is 2.21. The van der Waals surface area contributed by atoms with E-state index in [2.05, 4.69) is 6.92 Å². The van der Waals surface area contributed by atoms with Crippen molar-refractivity contribution < 1.29 is 17.9 Å². The Balaban J connectivity index is 1.85. The third-order valence-electron chi connectivity index (χ3n) is 4.65. The van der Waals surface area contributed by atoms with E-state index in [-0.39, 0.29) is 22.0 Å². The molecule has 0 aliphatic heterocycles. The third-order valence-corrected chi connectivity index (χ3v) is 6.56. The number of carbonyl (C=O) groups excluding carboxylic acids is 1. The number of benzene rings is 3. The molecule has 156 valence electrons. The molecule has 0 atom stereocenters. The number of sulfone groups is 1. The molecule has 0 unspecified atom stereocenters. The highest BCUT2D eigenvalue weighted by Crippen LogP contribution is 2.25. The summed E-state index contributed by atoms with van der Waals surface area (Å²) in [6.07, 6.45) is 1.96. The molecule has 0 saturated carbocycles. The third kappa shape index (κ3) is 5.49. The van der Waals surface area contributed by atoms with E-state index in [0.29, 0.717) is 28.5 Å². The summed E-state index contributed by atoms with van der Waals surface area (Å²) in [5.41, 5.74) is 1.18. The second-order valence-electron chi connectivity index (χ2n) is 6.93. The molecular weight excluding hydrogens is 420 g/mol. The van der Waals surface area contributed by atoms with E-state index >= 15 is 0 Å². The summed E-state index contributed by atoms with van der Waals surface area (Å²) in [5, 5.41) is 0.379. The van der Waals surface area contributed by atoms with E-state index in [1.54, 1.807) is 48.5 Å². The van der Waals surface area contributed by atoms with Crippen molar-refractivity contribution in [3.8, 4) is 5.75 Å². The van der Waals surface area contributed by atoms with Crippen molar-refractivity contribution in [1.29, 1.82) is 0 Å². The van der Waals surface area contributed by atoms with E-state index in [4.69, 9.17) is 16.3 Å². The zero-order valence-electron chi connectivity index (χ0n) is 16.7. The average molecular weight is 443 g/mol. The van der Waals surface area contributed by atoms with E-state index < -0.39 is 9.84 Å². The van der Waals surface area contributed by atoms with Crippen LogP contribution in [0, 0.1) is 0 Å². The number of rotatable bonds is 9. The van der Waals surface area contributed by atoms with Crippen LogP contribution in [0.25, 0.3) is 0 Å². The van der Waals surface area contributed by atoms with Gasteiger partial charge >= 0.3 is 0 Å². The second-order valence-corrected chi connectivity index (χ2v) is 9.36. The number of ether oxygens (including phenoxy) is 1. The van der Waals surface area contributed by atoms with Crippen molar-refractivity contribution in [1.82, 2.24) is 0 Å². The molecule has 3 aromatic rings. The molecule has 0 radical (unpaired) electrons. The SMILES string of the molecule is CCCCOc1ccc(S(=O)(=O)Cc2ccc(Cl)cc2C(=O)c2ccccc2)cc1. The number of carbonyl (C=O) groups is 1. The lowest BCUT2D eigenvalue weighted by Gasteiger charge is -2.11. The van der Waals surface area contributed by atoms with Crippen LogP contribution in [0.4, 0.5) is 0 Å². The Morgan fingerprint density at radius 3 is 2.33 bits per heavy atom. The quantitative estimate of drug-likeness (QED) is 0.314. The number of hydrogen-bond acceptors (Lipinski definition) is 4. The van der Waals surface area contributed by atoms with E-state index in [0.717, 1.165) is 12.8 Å². The van der Waals surface area contributed by atoms with Crippen LogP contribution in [-0.4, -0.2) is 20.8 Å². The van der Waals surface area contributed by atoms with Crippen molar-refractivity contribution in [2.45, 2.75) is 30.4 Å². The van der Waals surface area contributed by atoms with E-state index in [1.165, 1.54) is 18.2 Å². The Bertz CT molecular complexity index is 1110. The summed E-state index contributed by atoms with van der Waals surface area (Å²) in [7, 11) is -3.66. The van der Waals surface area contributed by atoms with Gasteiger partial charge in [0.25, 0.3) is 0 Å². The number of hydrogen-bond donors (Lipinski definition) is 0. The standard InChI is InChI=1S/C24H23ClO4S/c1-2-3-15-29-21-11-13-22(14-12-21)30(27,28)17-19-9-10-20(25)16-23(19)24(26)18-7-5-4-6-8-18/h4-14,16H,2-3,15,17H2,1H3. The lowest BCUT2D eigenvalue weighted by Crippen LogP contribution is -2.11. The summed E-state index contributed by atoms with van der Waals surface area (Å²) in [5.74, 6) is 0.0745. The summed E-state index contributed by atoms with van der Waals surface area (Å²) in [4.78, 5) is 13.1. The van der Waals surface area contributed by atoms with Gasteiger partial charge in [-0.15, -0.1) is 0 Å². The normalized spacial score (nSPS) is 11.3. The maximum Gasteiger partial charge on any atom is 0.193 e. The molecular formula is C24H23ClO4S. The van der Waals surface area contributed by atoms with E-state index in [1.807, 2.05) is 6.07 Å². The molecule has 6 heteroatoms. The smallest absolute Gasteiger partial charge is 0.193 e. The van der Waals surface area contributed by atoms with Gasteiger partial charge in [-0.2, -0.15) is 0 Å². The molecule has 0 aromatic heterocycles. The first-order valence-electron chi connectivity index (χ1n) is 9.74. The highest BCUT2D eigenvalue weighted by molar-refractivity contribution is 7.90. The van der Waals surface area contributed by atoms with Gasteiger partial charge < -0.3 is 4.74 Å². The van der Waals surface area contributed by atoms with Gasteiger partial charge in [0, 0.05) is 16.1 Å². The van der Waals surface area contributed by atoms with Crippen LogP contribution in [0.3, 0.4) is 0 Å². The Morgan fingerprint density at radius 2 is 1.67 bits per heavy atom. The molecule has 0 aliphatic rings. The van der Waals surface area contributed by atoms with Crippen molar-refractivity contribution >= 4 is 27.2 Å². The van der Waals surface area contributed by atoms with Gasteiger partial charge in [0.05, 0.1) is 17.3 Å². The molecule has 3 aromatic carbocycles. The fraction of sp³-hybridized carbons (Fsp3) is 0.208. The minimum Gasteiger partial charge on any atom is -0.494 e. The summed E-state index contributed by atoms with van der Waals surface area (Å²) in [6.45, 7) is 2.67. The largest absolute Gasteiger partial charge is 0.494 e. The zero-order valence-corrected chi connectivity index (χ0v) is 18.2. The summed E-state index contributed by atoms with van der Waals surface area (Å²) in [6, 6.07) is 19.8. The lowest BCUT2D eigenvalue weighted by molar-refractivity contribution is 0.103. The van der Waals surface area contributed by atoms with Gasteiger partial charge in [-0.1, -0.05) is 61.3 Å². The van der Waals surface area contributed by atoms with Gasteiger partial charge in [-0.05, 0) is 48.4 Å². The molecule has 0 aliphatic carbocycles. The second kappa shape index (κ2) is 9.92. The molecule has 0 amide bonds. The molecule has 0 spiro atoms. The number of unbranched alkanes of at least 4 members (excludes halogenated alkanes) is 1. The van der Waals surface area contributed by atoms with Crippen molar-refractivity contribution in [2.75, 3.05) is 6.61 Å². The molecule has 0 heterocycles. The van der Waals surface area contributed by atoms with Crippen LogP contribution in [0.15, 0.2) is 77.7 Å². The van der Waals surface area contributed by atoms with Crippen molar-refractivity contribution in [3.05, 3.63) is 94.5 Å². The van der Waals surface area contributed by atoms with Gasteiger partial charge in [0.2, 0.25) is 0 Å². The van der Waals surface area contributed by atoms with Crippen LogP contribution in [0.5, 0.6) is 5.75 Å². The number of ketones is 1. The Kier molecular flexibility index (Phi) is 7.29. The maximum absolute atomic E-state index is 13.0. The van der Waals surface area contributed by atoms with Gasteiger partial charge in [0.15, 0.2) is 15.6 Å². The Labute approximate surface area is 182 Å². The minimum atomic E-state index is -3.66. The average Bonchev–Trinajstić information content (AvgIpc) is 2.75. The van der Waals surface area contributed by atoms with Crippen LogP contribution in [-0.2, 0) is 15.6 Å². The van der Waals surface area contributed by atoms with Crippen LogP contribution in [0.2, 0.25) is 5.02 Å². The van der Waals surface area contributed by atoms with Gasteiger partial charge in [-0.3, -0.25) is 4.79 Å². The summed E-state index contributed by atoms with van der Waals surface area (Å²) >= 11 is 6.09. The van der Waals surface area contributed by atoms with Crippen LogP contribution < -0.4 is 4.74 Å². The first-order chi connectivity index (χ1) is 14.4. The molecule has 30 heavy (non-hydrogen) atoms. The lowest BCUT2D eigenvalue weighted by atomic mass is 9.99. The topological polar surface area (TPSA) is 60.4 Å². The first-order valence-corrected chi connectivity index (χ1v) is 11.8. The molecule has 0 saturated heterocycles. The first kappa shape index (κ1) is 22.1. The monoisotopic (exact) mass is 442 g/mol. The van der Waals surface area contributed by atoms with Gasteiger partial charge in [0.1, 0.15) is 5.75 Å².